The Hall–Kier alpha value is -1.71. The Morgan fingerprint density at radius 3 is 2.78 bits per heavy atom. The molecule has 0 fully saturated rings. The van der Waals surface area contributed by atoms with Crippen molar-refractivity contribution in [3.63, 3.8) is 0 Å². The summed E-state index contributed by atoms with van der Waals surface area (Å²) in [6, 6.07) is 3.94. The van der Waals surface area contributed by atoms with Crippen LogP contribution in [0, 0.1) is 0 Å². The summed E-state index contributed by atoms with van der Waals surface area (Å²) < 4.78 is 26.3. The Kier molecular flexibility index (Phi) is 3.45. The van der Waals surface area contributed by atoms with Crippen LogP contribution in [-0.2, 0) is 16.6 Å². The SMILES string of the molecule is NCc1sccc1S(=O)(=O)Nc1ccc(=O)[nH]n1. The Balaban J connectivity index is 2.33. The van der Waals surface area contributed by atoms with Crippen molar-refractivity contribution < 1.29 is 8.42 Å². The van der Waals surface area contributed by atoms with Crippen LogP contribution in [-0.4, -0.2) is 18.6 Å². The molecule has 0 spiro atoms. The molecule has 0 amide bonds. The first-order valence-electron chi connectivity index (χ1n) is 4.88. The molecular formula is C9H10N4O3S2. The third kappa shape index (κ3) is 2.58. The molecule has 0 saturated carbocycles. The highest BCUT2D eigenvalue weighted by atomic mass is 32.2. The number of aromatic nitrogens is 2. The molecule has 0 aliphatic heterocycles. The van der Waals surface area contributed by atoms with E-state index in [-0.39, 0.29) is 17.3 Å². The lowest BCUT2D eigenvalue weighted by Gasteiger charge is -2.06. The fourth-order valence-electron chi connectivity index (χ4n) is 1.31. The fourth-order valence-corrected chi connectivity index (χ4v) is 3.65. The summed E-state index contributed by atoms with van der Waals surface area (Å²) >= 11 is 1.27. The number of nitrogens with one attached hydrogen (secondary N) is 2. The van der Waals surface area contributed by atoms with Gasteiger partial charge in [0.25, 0.3) is 15.6 Å². The van der Waals surface area contributed by atoms with Gasteiger partial charge in [-0.1, -0.05) is 0 Å². The highest BCUT2D eigenvalue weighted by Crippen LogP contribution is 2.22. The topological polar surface area (TPSA) is 118 Å². The average molecular weight is 286 g/mol. The quantitative estimate of drug-likeness (QED) is 0.736. The summed E-state index contributed by atoms with van der Waals surface area (Å²) in [5.74, 6) is 0.0452. The largest absolute Gasteiger partial charge is 0.326 e. The third-order valence-corrected chi connectivity index (χ3v) is 4.61. The highest BCUT2D eigenvalue weighted by molar-refractivity contribution is 7.92. The minimum atomic E-state index is -3.73. The molecular weight excluding hydrogens is 276 g/mol. The minimum absolute atomic E-state index is 0.0452. The zero-order valence-corrected chi connectivity index (χ0v) is 10.7. The summed E-state index contributed by atoms with van der Waals surface area (Å²) in [7, 11) is -3.73. The molecule has 2 heterocycles. The maximum Gasteiger partial charge on any atom is 0.264 e. The van der Waals surface area contributed by atoms with E-state index in [0.717, 1.165) is 0 Å². The lowest BCUT2D eigenvalue weighted by molar-refractivity contribution is 0.600. The van der Waals surface area contributed by atoms with Gasteiger partial charge in [0.15, 0.2) is 5.82 Å². The summed E-state index contributed by atoms with van der Waals surface area (Å²) in [5.41, 5.74) is 5.05. The van der Waals surface area contributed by atoms with Crippen LogP contribution in [0.25, 0.3) is 0 Å². The molecule has 0 aliphatic rings. The first-order chi connectivity index (χ1) is 8.53. The van der Waals surface area contributed by atoms with Crippen LogP contribution in [0.4, 0.5) is 5.82 Å². The van der Waals surface area contributed by atoms with E-state index in [9.17, 15) is 13.2 Å². The number of anilines is 1. The molecule has 0 unspecified atom stereocenters. The summed E-state index contributed by atoms with van der Waals surface area (Å²) in [6.07, 6.45) is 0. The maximum atomic E-state index is 12.0. The molecule has 9 heteroatoms. The van der Waals surface area contributed by atoms with Crippen molar-refractivity contribution in [3.05, 3.63) is 38.8 Å². The molecule has 0 saturated heterocycles. The van der Waals surface area contributed by atoms with Crippen LogP contribution in [0.5, 0.6) is 0 Å². The monoisotopic (exact) mass is 286 g/mol. The van der Waals surface area contributed by atoms with Crippen molar-refractivity contribution in [2.24, 2.45) is 5.73 Å². The zero-order chi connectivity index (χ0) is 13.2. The molecule has 2 aromatic heterocycles. The smallest absolute Gasteiger partial charge is 0.264 e. The van der Waals surface area contributed by atoms with E-state index in [1.165, 1.54) is 29.5 Å². The molecule has 0 bridgehead atoms. The molecule has 2 aromatic rings. The van der Waals surface area contributed by atoms with Crippen molar-refractivity contribution in [2.45, 2.75) is 11.4 Å². The van der Waals surface area contributed by atoms with Crippen molar-refractivity contribution in [1.29, 1.82) is 0 Å². The van der Waals surface area contributed by atoms with E-state index < -0.39 is 15.6 Å². The van der Waals surface area contributed by atoms with Gasteiger partial charge in [-0.3, -0.25) is 9.52 Å². The van der Waals surface area contributed by atoms with Gasteiger partial charge in [0, 0.05) is 17.5 Å². The molecule has 0 atom stereocenters. The predicted molar refractivity (Wildman–Crippen MR) is 67.9 cm³/mol. The van der Waals surface area contributed by atoms with Gasteiger partial charge in [0.1, 0.15) is 4.90 Å². The summed E-state index contributed by atoms with van der Waals surface area (Å²) in [5, 5.41) is 7.36. The number of H-pyrrole nitrogens is 1. The molecule has 2 rings (SSSR count). The van der Waals surface area contributed by atoms with E-state index in [0.29, 0.717) is 4.88 Å². The molecule has 0 aromatic carbocycles. The van der Waals surface area contributed by atoms with Crippen LogP contribution in [0.3, 0.4) is 0 Å². The molecule has 96 valence electrons. The molecule has 0 aliphatic carbocycles. The van der Waals surface area contributed by atoms with Crippen molar-refractivity contribution in [3.8, 4) is 0 Å². The number of rotatable bonds is 4. The lowest BCUT2D eigenvalue weighted by Crippen LogP contribution is -2.17. The van der Waals surface area contributed by atoms with E-state index in [1.54, 1.807) is 5.38 Å². The van der Waals surface area contributed by atoms with Gasteiger partial charge in [-0.2, -0.15) is 5.10 Å². The second-order valence-corrected chi connectivity index (χ2v) is 5.98. The van der Waals surface area contributed by atoms with Crippen molar-refractivity contribution >= 4 is 27.2 Å². The second kappa shape index (κ2) is 4.88. The number of hydrogen-bond acceptors (Lipinski definition) is 6. The Morgan fingerprint density at radius 1 is 1.39 bits per heavy atom. The summed E-state index contributed by atoms with van der Waals surface area (Å²) in [6.45, 7) is 0.146. The minimum Gasteiger partial charge on any atom is -0.326 e. The number of sulfonamides is 1. The highest BCUT2D eigenvalue weighted by Gasteiger charge is 2.19. The van der Waals surface area contributed by atoms with Crippen molar-refractivity contribution in [1.82, 2.24) is 10.2 Å². The lowest BCUT2D eigenvalue weighted by atomic mass is 10.5. The number of nitrogens with two attached hydrogens (primary N) is 1. The summed E-state index contributed by atoms with van der Waals surface area (Å²) in [4.78, 5) is 11.5. The zero-order valence-electron chi connectivity index (χ0n) is 9.08. The first-order valence-corrected chi connectivity index (χ1v) is 7.24. The van der Waals surface area contributed by atoms with Crippen LogP contribution < -0.4 is 16.0 Å². The Labute approximate surface area is 107 Å². The number of thiophene rings is 1. The van der Waals surface area contributed by atoms with Crippen LogP contribution in [0.15, 0.2) is 33.3 Å². The van der Waals surface area contributed by atoms with Gasteiger partial charge in [-0.25, -0.2) is 13.5 Å². The van der Waals surface area contributed by atoms with Crippen LogP contribution in [0.1, 0.15) is 4.88 Å². The van der Waals surface area contributed by atoms with Gasteiger partial charge >= 0.3 is 0 Å². The third-order valence-electron chi connectivity index (χ3n) is 2.10. The Morgan fingerprint density at radius 2 is 2.17 bits per heavy atom. The second-order valence-electron chi connectivity index (χ2n) is 3.32. The van der Waals surface area contributed by atoms with Crippen molar-refractivity contribution in [2.75, 3.05) is 4.72 Å². The number of hydrogen-bond donors (Lipinski definition) is 3. The predicted octanol–water partition coefficient (Wildman–Crippen LogP) is 0.0909. The maximum absolute atomic E-state index is 12.0. The molecule has 7 nitrogen and oxygen atoms in total. The van der Waals surface area contributed by atoms with E-state index in [1.807, 2.05) is 0 Å². The van der Waals surface area contributed by atoms with E-state index >= 15 is 0 Å². The van der Waals surface area contributed by atoms with Gasteiger partial charge < -0.3 is 5.73 Å². The van der Waals surface area contributed by atoms with Gasteiger partial charge in [-0.15, -0.1) is 11.3 Å². The number of aromatic amines is 1. The van der Waals surface area contributed by atoms with Gasteiger partial charge in [0.05, 0.1) is 0 Å². The van der Waals surface area contributed by atoms with Gasteiger partial charge in [-0.05, 0) is 17.5 Å². The number of nitrogens with zero attached hydrogens (tertiary/aromatic N) is 1. The average Bonchev–Trinajstić information content (AvgIpc) is 2.81. The standard InChI is InChI=1S/C9H10N4O3S2/c10-5-6-7(3-4-17-6)18(15,16)13-8-1-2-9(14)12-11-8/h1-4H,5,10H2,(H,11,13)(H,12,14). The van der Waals surface area contributed by atoms with Crippen LogP contribution >= 0.6 is 11.3 Å². The van der Waals surface area contributed by atoms with Gasteiger partial charge in [0.2, 0.25) is 0 Å². The molecule has 18 heavy (non-hydrogen) atoms. The Bertz CT molecular complexity index is 684. The fraction of sp³-hybridized carbons (Fsp3) is 0.111. The van der Waals surface area contributed by atoms with E-state index in [2.05, 4.69) is 14.9 Å². The normalized spacial score (nSPS) is 11.4. The molecule has 4 N–H and O–H groups in total. The first kappa shape index (κ1) is 12.7. The van der Waals surface area contributed by atoms with Crippen LogP contribution in [0.2, 0.25) is 0 Å². The molecule has 0 radical (unpaired) electrons. The van der Waals surface area contributed by atoms with E-state index in [4.69, 9.17) is 5.73 Å².